The SMILES string of the molecule is C[C@@]1(O)CCC2(CO)[C@@H](CC[C@@H]3[C@@H]2CC[C@]2(C)C(=O)CC[C@@H]32)C1. The van der Waals surface area contributed by atoms with E-state index in [4.69, 9.17) is 0 Å². The zero-order valence-electron chi connectivity index (χ0n) is 14.7. The zero-order valence-corrected chi connectivity index (χ0v) is 14.7. The average molecular weight is 320 g/mol. The molecule has 0 aliphatic heterocycles. The molecule has 4 fully saturated rings. The van der Waals surface area contributed by atoms with Crippen molar-refractivity contribution in [3.05, 3.63) is 0 Å². The van der Waals surface area contributed by atoms with Crippen molar-refractivity contribution in [2.75, 3.05) is 6.61 Å². The second-order valence-corrected chi connectivity index (χ2v) is 9.66. The molecule has 1 unspecified atom stereocenters. The maximum atomic E-state index is 12.4. The Morgan fingerprint density at radius 3 is 2.57 bits per heavy atom. The lowest BCUT2D eigenvalue weighted by Gasteiger charge is -2.61. The first kappa shape index (κ1) is 16.1. The number of fused-ring (bicyclic) bond motifs is 5. The summed E-state index contributed by atoms with van der Waals surface area (Å²) in [6.45, 7) is 4.45. The van der Waals surface area contributed by atoms with Gasteiger partial charge in [-0.05, 0) is 87.4 Å². The average Bonchev–Trinajstić information content (AvgIpc) is 2.82. The quantitative estimate of drug-likeness (QED) is 0.779. The number of carbonyl (C=O) groups excluding carboxylic acids is 1. The van der Waals surface area contributed by atoms with Crippen molar-refractivity contribution in [3.63, 3.8) is 0 Å². The fraction of sp³-hybridized carbons (Fsp3) is 0.950. The molecule has 3 nitrogen and oxygen atoms in total. The van der Waals surface area contributed by atoms with Crippen LogP contribution >= 0.6 is 0 Å². The molecular weight excluding hydrogens is 288 g/mol. The van der Waals surface area contributed by atoms with Gasteiger partial charge in [-0.1, -0.05) is 6.92 Å². The maximum Gasteiger partial charge on any atom is 0.139 e. The Morgan fingerprint density at radius 2 is 1.83 bits per heavy atom. The summed E-state index contributed by atoms with van der Waals surface area (Å²) < 4.78 is 0. The van der Waals surface area contributed by atoms with E-state index in [1.165, 1.54) is 6.42 Å². The zero-order chi connectivity index (χ0) is 16.5. The number of rotatable bonds is 1. The van der Waals surface area contributed by atoms with Gasteiger partial charge in [0, 0.05) is 18.4 Å². The van der Waals surface area contributed by atoms with Gasteiger partial charge in [-0.25, -0.2) is 0 Å². The van der Waals surface area contributed by atoms with E-state index in [2.05, 4.69) is 6.92 Å². The van der Waals surface area contributed by atoms with Crippen molar-refractivity contribution in [1.82, 2.24) is 0 Å². The van der Waals surface area contributed by atoms with Crippen molar-refractivity contribution < 1.29 is 15.0 Å². The fourth-order valence-electron chi connectivity index (χ4n) is 7.31. The Bertz CT molecular complexity index is 513. The number of carbonyl (C=O) groups is 1. The molecule has 4 rings (SSSR count). The van der Waals surface area contributed by atoms with Crippen LogP contribution in [-0.4, -0.2) is 28.2 Å². The molecule has 0 amide bonds. The lowest BCUT2D eigenvalue weighted by Crippen LogP contribution is -2.58. The van der Waals surface area contributed by atoms with Gasteiger partial charge in [0.25, 0.3) is 0 Å². The van der Waals surface area contributed by atoms with Gasteiger partial charge in [0.15, 0.2) is 0 Å². The Hall–Kier alpha value is -0.410. The van der Waals surface area contributed by atoms with Crippen LogP contribution in [0.4, 0.5) is 0 Å². The molecule has 4 aliphatic carbocycles. The Balaban J connectivity index is 1.66. The number of ketones is 1. The van der Waals surface area contributed by atoms with Crippen LogP contribution in [0, 0.1) is 34.5 Å². The molecule has 3 heteroatoms. The Labute approximate surface area is 139 Å². The largest absolute Gasteiger partial charge is 0.396 e. The van der Waals surface area contributed by atoms with E-state index in [9.17, 15) is 15.0 Å². The highest BCUT2D eigenvalue weighted by atomic mass is 16.3. The minimum Gasteiger partial charge on any atom is -0.396 e. The first-order valence-electron chi connectivity index (χ1n) is 9.69. The van der Waals surface area contributed by atoms with Crippen LogP contribution in [-0.2, 0) is 4.79 Å². The minimum atomic E-state index is -0.553. The molecule has 23 heavy (non-hydrogen) atoms. The summed E-state index contributed by atoms with van der Waals surface area (Å²) in [5.74, 6) is 2.67. The van der Waals surface area contributed by atoms with Gasteiger partial charge in [-0.2, -0.15) is 0 Å². The van der Waals surface area contributed by atoms with Gasteiger partial charge in [-0.3, -0.25) is 4.79 Å². The van der Waals surface area contributed by atoms with Crippen LogP contribution in [0.25, 0.3) is 0 Å². The van der Waals surface area contributed by atoms with Crippen LogP contribution in [0.15, 0.2) is 0 Å². The molecular formula is C20H32O3. The molecule has 0 radical (unpaired) electrons. The summed E-state index contributed by atoms with van der Waals surface area (Å²) in [4.78, 5) is 12.4. The van der Waals surface area contributed by atoms with E-state index in [0.29, 0.717) is 29.5 Å². The van der Waals surface area contributed by atoms with Crippen LogP contribution < -0.4 is 0 Å². The van der Waals surface area contributed by atoms with Gasteiger partial charge in [0.2, 0.25) is 0 Å². The smallest absolute Gasteiger partial charge is 0.139 e. The first-order chi connectivity index (χ1) is 10.8. The summed E-state index contributed by atoms with van der Waals surface area (Å²) in [7, 11) is 0. The van der Waals surface area contributed by atoms with E-state index in [0.717, 1.165) is 51.4 Å². The third-order valence-electron chi connectivity index (χ3n) is 8.66. The highest BCUT2D eigenvalue weighted by Gasteiger charge is 2.62. The molecule has 0 aromatic rings. The van der Waals surface area contributed by atoms with E-state index in [-0.39, 0.29) is 17.4 Å². The lowest BCUT2D eigenvalue weighted by molar-refractivity contribution is -0.169. The first-order valence-corrected chi connectivity index (χ1v) is 9.69. The van der Waals surface area contributed by atoms with Crippen molar-refractivity contribution in [2.45, 2.75) is 77.2 Å². The van der Waals surface area contributed by atoms with Gasteiger partial charge in [-0.15, -0.1) is 0 Å². The highest BCUT2D eigenvalue weighted by molar-refractivity contribution is 5.87. The third-order valence-corrected chi connectivity index (χ3v) is 8.66. The van der Waals surface area contributed by atoms with Crippen LogP contribution in [0.1, 0.15) is 71.6 Å². The second-order valence-electron chi connectivity index (χ2n) is 9.66. The molecule has 0 aromatic heterocycles. The molecule has 7 atom stereocenters. The van der Waals surface area contributed by atoms with E-state index in [1.807, 2.05) is 6.92 Å². The normalized spacial score (nSPS) is 55.9. The third kappa shape index (κ3) is 2.12. The number of aliphatic hydroxyl groups is 2. The minimum absolute atomic E-state index is 0.0120. The van der Waals surface area contributed by atoms with E-state index >= 15 is 0 Å². The molecule has 0 saturated heterocycles. The summed E-state index contributed by atoms with van der Waals surface area (Å²) in [5.41, 5.74) is -0.619. The second kappa shape index (κ2) is 5.05. The maximum absolute atomic E-state index is 12.4. The number of hydrogen-bond acceptors (Lipinski definition) is 3. The summed E-state index contributed by atoms with van der Waals surface area (Å²) in [6, 6.07) is 0. The monoisotopic (exact) mass is 320 g/mol. The Kier molecular flexibility index (Phi) is 3.53. The predicted octanol–water partition coefficient (Wildman–Crippen LogP) is 3.32. The standard InChI is InChI=1S/C20H32O3/c1-18(23)9-10-20(12-21)13(11-18)3-4-14-15-5-6-17(22)19(15,2)8-7-16(14)20/h13-16,21,23H,3-12H2,1-2H3/t13-,14-,15-,16-,18+,19-,20?/m0/s1. The summed E-state index contributed by atoms with van der Waals surface area (Å²) in [6.07, 6.45) is 8.89. The highest BCUT2D eigenvalue weighted by Crippen LogP contribution is 2.66. The van der Waals surface area contributed by atoms with Gasteiger partial charge >= 0.3 is 0 Å². The van der Waals surface area contributed by atoms with Gasteiger partial charge in [0.05, 0.1) is 5.60 Å². The molecule has 130 valence electrons. The van der Waals surface area contributed by atoms with Crippen molar-refractivity contribution in [3.8, 4) is 0 Å². The molecule has 0 aromatic carbocycles. The lowest BCUT2D eigenvalue weighted by atomic mass is 9.44. The molecule has 0 spiro atoms. The van der Waals surface area contributed by atoms with Crippen LogP contribution in [0.2, 0.25) is 0 Å². The number of hydrogen-bond donors (Lipinski definition) is 2. The number of Topliss-reactive ketones (excluding diaryl/α,β-unsaturated/α-hetero) is 1. The molecule has 2 N–H and O–H groups in total. The number of aliphatic hydroxyl groups excluding tert-OH is 1. The summed E-state index contributed by atoms with van der Waals surface area (Å²) in [5, 5.41) is 20.9. The van der Waals surface area contributed by atoms with E-state index in [1.54, 1.807) is 0 Å². The van der Waals surface area contributed by atoms with Crippen LogP contribution in [0.5, 0.6) is 0 Å². The molecule has 0 bridgehead atoms. The van der Waals surface area contributed by atoms with Gasteiger partial charge in [0.1, 0.15) is 5.78 Å². The Morgan fingerprint density at radius 1 is 1.04 bits per heavy atom. The predicted molar refractivity (Wildman–Crippen MR) is 88.8 cm³/mol. The molecule has 4 aliphatic rings. The fourth-order valence-corrected chi connectivity index (χ4v) is 7.31. The van der Waals surface area contributed by atoms with Gasteiger partial charge < -0.3 is 10.2 Å². The van der Waals surface area contributed by atoms with Crippen molar-refractivity contribution in [2.24, 2.45) is 34.5 Å². The summed E-state index contributed by atoms with van der Waals surface area (Å²) >= 11 is 0. The van der Waals surface area contributed by atoms with Crippen LogP contribution in [0.3, 0.4) is 0 Å². The molecule has 0 heterocycles. The van der Waals surface area contributed by atoms with Crippen molar-refractivity contribution in [1.29, 1.82) is 0 Å². The topological polar surface area (TPSA) is 57.5 Å². The molecule has 4 saturated carbocycles. The van der Waals surface area contributed by atoms with E-state index < -0.39 is 5.60 Å². The van der Waals surface area contributed by atoms with Crippen molar-refractivity contribution >= 4 is 5.78 Å².